The molecular formula is C20H23N3O3. The van der Waals surface area contributed by atoms with Crippen molar-refractivity contribution in [3.05, 3.63) is 46.7 Å². The molecule has 1 unspecified atom stereocenters. The number of carbonyl (C=O) groups is 1. The van der Waals surface area contributed by atoms with Gasteiger partial charge in [0.05, 0.1) is 13.7 Å². The Morgan fingerprint density at radius 3 is 3.00 bits per heavy atom. The largest absolute Gasteiger partial charge is 0.497 e. The molecule has 1 aromatic carbocycles. The number of furan rings is 1. The monoisotopic (exact) mass is 353 g/mol. The van der Waals surface area contributed by atoms with Crippen LogP contribution < -0.4 is 10.1 Å². The smallest absolute Gasteiger partial charge is 0.240 e. The average Bonchev–Trinajstić information content (AvgIpc) is 3.19. The van der Waals surface area contributed by atoms with E-state index in [9.17, 15) is 10.1 Å². The summed E-state index contributed by atoms with van der Waals surface area (Å²) in [6.07, 6.45) is 2.04. The van der Waals surface area contributed by atoms with Gasteiger partial charge in [-0.05, 0) is 50.9 Å². The van der Waals surface area contributed by atoms with Crippen LogP contribution in [0.2, 0.25) is 0 Å². The van der Waals surface area contributed by atoms with Crippen molar-refractivity contribution in [1.82, 2.24) is 4.90 Å². The molecule has 6 heteroatoms. The first-order valence-electron chi connectivity index (χ1n) is 8.71. The first-order chi connectivity index (χ1) is 12.5. The molecule has 26 heavy (non-hydrogen) atoms. The SMILES string of the molecule is COc1cccc(C2CCCN2CC(=O)Nc2oc(C)c(C)c2C#N)c1. The van der Waals surface area contributed by atoms with E-state index in [4.69, 9.17) is 9.15 Å². The molecular weight excluding hydrogens is 330 g/mol. The minimum absolute atomic E-state index is 0.176. The van der Waals surface area contributed by atoms with E-state index in [1.165, 1.54) is 0 Å². The highest BCUT2D eigenvalue weighted by Crippen LogP contribution is 2.33. The number of aryl methyl sites for hydroxylation is 1. The van der Waals surface area contributed by atoms with E-state index >= 15 is 0 Å². The molecule has 1 aromatic heterocycles. The number of hydrogen-bond acceptors (Lipinski definition) is 5. The van der Waals surface area contributed by atoms with Gasteiger partial charge in [-0.25, -0.2) is 0 Å². The van der Waals surface area contributed by atoms with Crippen molar-refractivity contribution in [2.45, 2.75) is 32.7 Å². The Labute approximate surface area is 153 Å². The maximum Gasteiger partial charge on any atom is 0.240 e. The van der Waals surface area contributed by atoms with E-state index in [1.54, 1.807) is 14.0 Å². The summed E-state index contributed by atoms with van der Waals surface area (Å²) in [6, 6.07) is 10.3. The van der Waals surface area contributed by atoms with Gasteiger partial charge in [0.1, 0.15) is 23.1 Å². The maximum absolute atomic E-state index is 12.5. The summed E-state index contributed by atoms with van der Waals surface area (Å²) < 4.78 is 10.8. The van der Waals surface area contributed by atoms with Crippen molar-refractivity contribution in [2.75, 3.05) is 25.5 Å². The van der Waals surface area contributed by atoms with Crippen LogP contribution in [0.5, 0.6) is 5.75 Å². The molecule has 2 aromatic rings. The Morgan fingerprint density at radius 1 is 1.46 bits per heavy atom. The molecule has 0 bridgehead atoms. The van der Waals surface area contributed by atoms with Crippen molar-refractivity contribution in [1.29, 1.82) is 5.26 Å². The van der Waals surface area contributed by atoms with Crippen molar-refractivity contribution in [2.24, 2.45) is 0 Å². The zero-order valence-corrected chi connectivity index (χ0v) is 15.3. The van der Waals surface area contributed by atoms with Gasteiger partial charge in [0.25, 0.3) is 0 Å². The van der Waals surface area contributed by atoms with Gasteiger partial charge in [0.2, 0.25) is 11.8 Å². The topological polar surface area (TPSA) is 78.5 Å². The average molecular weight is 353 g/mol. The fraction of sp³-hybridized carbons (Fsp3) is 0.400. The number of benzene rings is 1. The van der Waals surface area contributed by atoms with Gasteiger partial charge in [-0.2, -0.15) is 5.26 Å². The first-order valence-corrected chi connectivity index (χ1v) is 8.71. The molecule has 1 N–H and O–H groups in total. The highest BCUT2D eigenvalue weighted by atomic mass is 16.5. The lowest BCUT2D eigenvalue weighted by molar-refractivity contribution is -0.117. The van der Waals surface area contributed by atoms with Gasteiger partial charge in [-0.15, -0.1) is 0 Å². The molecule has 1 atom stereocenters. The molecule has 136 valence electrons. The van der Waals surface area contributed by atoms with Gasteiger partial charge in [0.15, 0.2) is 0 Å². The van der Waals surface area contributed by atoms with E-state index in [0.717, 1.165) is 36.3 Å². The molecule has 3 rings (SSSR count). The molecule has 1 aliphatic heterocycles. The van der Waals surface area contributed by atoms with Gasteiger partial charge in [0, 0.05) is 11.6 Å². The lowest BCUT2D eigenvalue weighted by atomic mass is 10.0. The number of likely N-dealkylation sites (tertiary alicyclic amines) is 1. The van der Waals surface area contributed by atoms with Crippen LogP contribution in [0.3, 0.4) is 0 Å². The summed E-state index contributed by atoms with van der Waals surface area (Å²) in [4.78, 5) is 14.7. The van der Waals surface area contributed by atoms with Gasteiger partial charge in [-0.1, -0.05) is 12.1 Å². The third-order valence-corrected chi connectivity index (χ3v) is 4.94. The Balaban J connectivity index is 1.70. The Kier molecular flexibility index (Phi) is 5.29. The fourth-order valence-electron chi connectivity index (χ4n) is 3.44. The minimum atomic E-state index is -0.176. The molecule has 1 aliphatic rings. The fourth-order valence-corrected chi connectivity index (χ4v) is 3.44. The van der Waals surface area contributed by atoms with Crippen molar-refractivity contribution in [3.63, 3.8) is 0 Å². The Hall–Kier alpha value is -2.78. The lowest BCUT2D eigenvalue weighted by Crippen LogP contribution is -2.33. The van der Waals surface area contributed by atoms with Crippen LogP contribution in [0.15, 0.2) is 28.7 Å². The Morgan fingerprint density at radius 2 is 2.27 bits per heavy atom. The second-order valence-corrected chi connectivity index (χ2v) is 6.55. The number of rotatable bonds is 5. The lowest BCUT2D eigenvalue weighted by Gasteiger charge is -2.24. The third kappa shape index (κ3) is 3.58. The summed E-state index contributed by atoms with van der Waals surface area (Å²) in [5, 5.41) is 12.0. The standard InChI is InChI=1S/C20H23N3O3/c1-13-14(2)26-20(17(13)11-21)22-19(24)12-23-9-5-8-18(23)15-6-4-7-16(10-15)25-3/h4,6-7,10,18H,5,8-9,12H2,1-3H3,(H,22,24). The highest BCUT2D eigenvalue weighted by molar-refractivity contribution is 5.92. The number of carbonyl (C=O) groups excluding carboxylic acids is 1. The number of nitriles is 1. The summed E-state index contributed by atoms with van der Waals surface area (Å²) in [7, 11) is 1.65. The molecule has 6 nitrogen and oxygen atoms in total. The maximum atomic E-state index is 12.5. The van der Waals surface area contributed by atoms with E-state index in [1.807, 2.05) is 25.1 Å². The molecule has 0 spiro atoms. The summed E-state index contributed by atoms with van der Waals surface area (Å²) >= 11 is 0. The van der Waals surface area contributed by atoms with Crippen LogP contribution in [0.25, 0.3) is 0 Å². The van der Waals surface area contributed by atoms with Crippen LogP contribution >= 0.6 is 0 Å². The Bertz CT molecular complexity index is 850. The first kappa shape index (κ1) is 18.0. The number of ether oxygens (including phenoxy) is 1. The van der Waals surface area contributed by atoms with Crippen LogP contribution in [-0.2, 0) is 4.79 Å². The molecule has 1 fully saturated rings. The molecule has 0 saturated carbocycles. The molecule has 1 amide bonds. The number of nitrogens with one attached hydrogen (secondary N) is 1. The van der Waals surface area contributed by atoms with Gasteiger partial charge < -0.3 is 9.15 Å². The van der Waals surface area contributed by atoms with E-state index in [2.05, 4.69) is 22.4 Å². The molecule has 2 heterocycles. The number of amides is 1. The number of methoxy groups -OCH3 is 1. The molecule has 1 saturated heterocycles. The zero-order chi connectivity index (χ0) is 18.7. The minimum Gasteiger partial charge on any atom is -0.497 e. The van der Waals surface area contributed by atoms with Gasteiger partial charge in [-0.3, -0.25) is 15.0 Å². The number of hydrogen-bond donors (Lipinski definition) is 1. The summed E-state index contributed by atoms with van der Waals surface area (Å²) in [5.41, 5.74) is 2.30. The van der Waals surface area contributed by atoms with Crippen molar-refractivity contribution in [3.8, 4) is 11.8 Å². The van der Waals surface area contributed by atoms with Crippen LogP contribution in [0, 0.1) is 25.2 Å². The van der Waals surface area contributed by atoms with Crippen LogP contribution in [0.1, 0.15) is 41.3 Å². The predicted octanol–water partition coefficient (Wildman–Crippen LogP) is 3.55. The van der Waals surface area contributed by atoms with E-state index in [0.29, 0.717) is 11.3 Å². The quantitative estimate of drug-likeness (QED) is 0.889. The molecule has 0 aliphatic carbocycles. The zero-order valence-electron chi connectivity index (χ0n) is 15.3. The van der Waals surface area contributed by atoms with E-state index < -0.39 is 0 Å². The highest BCUT2D eigenvalue weighted by Gasteiger charge is 2.28. The van der Waals surface area contributed by atoms with Crippen LogP contribution in [-0.4, -0.2) is 31.0 Å². The second kappa shape index (κ2) is 7.63. The second-order valence-electron chi connectivity index (χ2n) is 6.55. The number of anilines is 1. The molecule has 0 radical (unpaired) electrons. The normalized spacial score (nSPS) is 17.1. The van der Waals surface area contributed by atoms with Crippen molar-refractivity contribution < 1.29 is 13.9 Å². The summed E-state index contributed by atoms with van der Waals surface area (Å²) in [6.45, 7) is 4.71. The van der Waals surface area contributed by atoms with Crippen molar-refractivity contribution >= 4 is 11.8 Å². The number of nitrogens with zero attached hydrogens (tertiary/aromatic N) is 2. The summed E-state index contributed by atoms with van der Waals surface area (Å²) in [5.74, 6) is 1.53. The van der Waals surface area contributed by atoms with E-state index in [-0.39, 0.29) is 24.4 Å². The van der Waals surface area contributed by atoms with Crippen LogP contribution in [0.4, 0.5) is 5.88 Å². The predicted molar refractivity (Wildman–Crippen MR) is 98.1 cm³/mol. The van der Waals surface area contributed by atoms with Gasteiger partial charge >= 0.3 is 0 Å². The third-order valence-electron chi connectivity index (χ3n) is 4.94.